The predicted molar refractivity (Wildman–Crippen MR) is 65.6 cm³/mol. The average molecular weight is 224 g/mol. The van der Waals surface area contributed by atoms with Crippen molar-refractivity contribution in [3.05, 3.63) is 12.1 Å². The van der Waals surface area contributed by atoms with Gasteiger partial charge in [0, 0.05) is 31.1 Å². The molecular weight excluding hydrogens is 208 g/mol. The largest absolute Gasteiger partial charge is 0.383 e. The van der Waals surface area contributed by atoms with Crippen molar-refractivity contribution in [1.29, 1.82) is 0 Å². The second-order valence-corrected chi connectivity index (χ2v) is 4.35. The first-order valence-corrected chi connectivity index (χ1v) is 5.50. The third kappa shape index (κ3) is 2.35. The Morgan fingerprint density at radius 1 is 1.27 bits per heavy atom. The summed E-state index contributed by atoms with van der Waals surface area (Å²) >= 11 is 4.21. The van der Waals surface area contributed by atoms with Crippen LogP contribution in [0.15, 0.2) is 17.0 Å². The van der Waals surface area contributed by atoms with E-state index in [1.165, 1.54) is 0 Å². The fourth-order valence-electron chi connectivity index (χ4n) is 1.67. The molecule has 4 nitrogen and oxygen atoms in total. The molecule has 2 rings (SSSR count). The molecule has 0 radical (unpaired) electrons. The minimum atomic E-state index is 0.509. The summed E-state index contributed by atoms with van der Waals surface area (Å²) in [5.74, 6) is 1.47. The van der Waals surface area contributed by atoms with E-state index in [2.05, 4.69) is 34.5 Å². The number of likely N-dealkylation sites (N-methyl/N-ethyl adjacent to an activating group) is 1. The van der Waals surface area contributed by atoms with Crippen LogP contribution in [-0.2, 0) is 0 Å². The van der Waals surface area contributed by atoms with Crippen molar-refractivity contribution in [2.24, 2.45) is 0 Å². The Labute approximate surface area is 95.5 Å². The molecule has 0 aliphatic carbocycles. The van der Waals surface area contributed by atoms with Crippen molar-refractivity contribution in [2.45, 2.75) is 4.90 Å². The molecule has 0 aromatic carbocycles. The van der Waals surface area contributed by atoms with Gasteiger partial charge in [-0.15, -0.1) is 12.6 Å². The molecule has 2 N–H and O–H groups in total. The maximum absolute atomic E-state index is 5.73. The van der Waals surface area contributed by atoms with E-state index < -0.39 is 0 Å². The lowest BCUT2D eigenvalue weighted by molar-refractivity contribution is 0.312. The SMILES string of the molecule is CN1CCN(c2ccc(S)c(N)n2)CC1. The number of piperazine rings is 1. The summed E-state index contributed by atoms with van der Waals surface area (Å²) in [5, 5.41) is 0. The molecular formula is C10H16N4S. The number of nitrogens with zero attached hydrogens (tertiary/aromatic N) is 3. The third-order valence-electron chi connectivity index (χ3n) is 2.71. The van der Waals surface area contributed by atoms with E-state index in [1.54, 1.807) is 0 Å². The first-order valence-electron chi connectivity index (χ1n) is 5.06. The lowest BCUT2D eigenvalue weighted by Crippen LogP contribution is -2.44. The molecule has 15 heavy (non-hydrogen) atoms. The van der Waals surface area contributed by atoms with Gasteiger partial charge >= 0.3 is 0 Å². The van der Waals surface area contributed by atoms with Gasteiger partial charge in [-0.2, -0.15) is 0 Å². The minimum Gasteiger partial charge on any atom is -0.383 e. The fourth-order valence-corrected chi connectivity index (χ4v) is 1.79. The van der Waals surface area contributed by atoms with Crippen molar-refractivity contribution in [3.63, 3.8) is 0 Å². The molecule has 2 heterocycles. The lowest BCUT2D eigenvalue weighted by Gasteiger charge is -2.33. The highest BCUT2D eigenvalue weighted by molar-refractivity contribution is 7.80. The van der Waals surface area contributed by atoms with E-state index >= 15 is 0 Å². The highest BCUT2D eigenvalue weighted by Crippen LogP contribution is 2.20. The van der Waals surface area contributed by atoms with E-state index in [9.17, 15) is 0 Å². The fraction of sp³-hybridized carbons (Fsp3) is 0.500. The molecule has 0 unspecified atom stereocenters. The summed E-state index contributed by atoms with van der Waals surface area (Å²) in [5.41, 5.74) is 5.73. The van der Waals surface area contributed by atoms with E-state index in [-0.39, 0.29) is 0 Å². The number of rotatable bonds is 1. The van der Waals surface area contributed by atoms with Gasteiger partial charge in [0.1, 0.15) is 11.6 Å². The zero-order valence-corrected chi connectivity index (χ0v) is 9.74. The first kappa shape index (κ1) is 10.6. The minimum absolute atomic E-state index is 0.509. The van der Waals surface area contributed by atoms with Gasteiger partial charge in [0.25, 0.3) is 0 Å². The van der Waals surface area contributed by atoms with Crippen molar-refractivity contribution < 1.29 is 0 Å². The summed E-state index contributed by atoms with van der Waals surface area (Å²) in [6.07, 6.45) is 0. The zero-order valence-electron chi connectivity index (χ0n) is 8.85. The van der Waals surface area contributed by atoms with Crippen molar-refractivity contribution in [2.75, 3.05) is 43.9 Å². The van der Waals surface area contributed by atoms with Gasteiger partial charge in [0.05, 0.1) is 0 Å². The number of nitrogens with two attached hydrogens (primary N) is 1. The normalized spacial score (nSPS) is 18.1. The maximum Gasteiger partial charge on any atom is 0.139 e. The van der Waals surface area contributed by atoms with Crippen LogP contribution in [0, 0.1) is 0 Å². The molecule has 1 aliphatic heterocycles. The van der Waals surface area contributed by atoms with Gasteiger partial charge in [-0.25, -0.2) is 4.98 Å². The second-order valence-electron chi connectivity index (χ2n) is 3.86. The monoisotopic (exact) mass is 224 g/mol. The number of aromatic nitrogens is 1. The smallest absolute Gasteiger partial charge is 0.139 e. The molecule has 1 aromatic rings. The van der Waals surface area contributed by atoms with Crippen LogP contribution < -0.4 is 10.6 Å². The number of hydrogen-bond donors (Lipinski definition) is 2. The first-order chi connectivity index (χ1) is 7.16. The van der Waals surface area contributed by atoms with Gasteiger partial charge in [-0.05, 0) is 19.2 Å². The molecule has 82 valence electrons. The Bertz CT molecular complexity index is 347. The molecule has 5 heteroatoms. The standard InChI is InChI=1S/C10H16N4S/c1-13-4-6-14(7-5-13)9-3-2-8(15)10(11)12-9/h2-3,15H,4-7H2,1H3,(H2,11,12). The van der Waals surface area contributed by atoms with Crippen LogP contribution in [0.4, 0.5) is 11.6 Å². The molecule has 1 aromatic heterocycles. The Hall–Kier alpha value is -0.940. The van der Waals surface area contributed by atoms with E-state index in [0.717, 1.165) is 36.9 Å². The van der Waals surface area contributed by atoms with Gasteiger partial charge in [0.2, 0.25) is 0 Å². The lowest BCUT2D eigenvalue weighted by atomic mass is 10.3. The van der Waals surface area contributed by atoms with E-state index in [1.807, 2.05) is 12.1 Å². The average Bonchev–Trinajstić information content (AvgIpc) is 2.23. The second kappa shape index (κ2) is 4.28. The van der Waals surface area contributed by atoms with Gasteiger partial charge in [0.15, 0.2) is 0 Å². The number of hydrogen-bond acceptors (Lipinski definition) is 5. The van der Waals surface area contributed by atoms with E-state index in [4.69, 9.17) is 5.73 Å². The Kier molecular flexibility index (Phi) is 3.02. The quantitative estimate of drug-likeness (QED) is 0.690. The number of thiol groups is 1. The number of anilines is 2. The maximum atomic E-state index is 5.73. The van der Waals surface area contributed by atoms with Crippen LogP contribution in [0.1, 0.15) is 0 Å². The zero-order chi connectivity index (χ0) is 10.8. The number of pyridine rings is 1. The van der Waals surface area contributed by atoms with Crippen LogP contribution in [0.5, 0.6) is 0 Å². The molecule has 0 saturated carbocycles. The Morgan fingerprint density at radius 2 is 1.93 bits per heavy atom. The third-order valence-corrected chi connectivity index (χ3v) is 3.09. The Morgan fingerprint density at radius 3 is 2.53 bits per heavy atom. The van der Waals surface area contributed by atoms with Gasteiger partial charge in [-0.1, -0.05) is 0 Å². The van der Waals surface area contributed by atoms with Crippen LogP contribution in [0.25, 0.3) is 0 Å². The summed E-state index contributed by atoms with van der Waals surface area (Å²) < 4.78 is 0. The molecule has 0 spiro atoms. The summed E-state index contributed by atoms with van der Waals surface area (Å²) in [6.45, 7) is 4.16. The summed E-state index contributed by atoms with van der Waals surface area (Å²) in [4.78, 5) is 9.64. The summed E-state index contributed by atoms with van der Waals surface area (Å²) in [7, 11) is 2.13. The van der Waals surface area contributed by atoms with Crippen molar-refractivity contribution in [1.82, 2.24) is 9.88 Å². The van der Waals surface area contributed by atoms with Crippen molar-refractivity contribution in [3.8, 4) is 0 Å². The molecule has 1 aliphatic rings. The molecule has 0 amide bonds. The van der Waals surface area contributed by atoms with Gasteiger partial charge in [-0.3, -0.25) is 0 Å². The predicted octanol–water partition coefficient (Wildman–Crippen LogP) is 0.704. The number of nitrogen functional groups attached to an aromatic ring is 1. The van der Waals surface area contributed by atoms with Crippen LogP contribution in [0.3, 0.4) is 0 Å². The van der Waals surface area contributed by atoms with Crippen LogP contribution in [0.2, 0.25) is 0 Å². The molecule has 1 fully saturated rings. The van der Waals surface area contributed by atoms with Crippen LogP contribution in [-0.4, -0.2) is 43.1 Å². The summed E-state index contributed by atoms with van der Waals surface area (Å²) in [6, 6.07) is 3.88. The van der Waals surface area contributed by atoms with Crippen molar-refractivity contribution >= 4 is 24.3 Å². The molecule has 1 saturated heterocycles. The van der Waals surface area contributed by atoms with Gasteiger partial charge < -0.3 is 15.5 Å². The van der Waals surface area contributed by atoms with E-state index in [0.29, 0.717) is 5.82 Å². The van der Waals surface area contributed by atoms with Crippen LogP contribution >= 0.6 is 12.6 Å². The topological polar surface area (TPSA) is 45.4 Å². The Balaban J connectivity index is 2.12. The molecule has 0 bridgehead atoms. The molecule has 0 atom stereocenters. The highest BCUT2D eigenvalue weighted by Gasteiger charge is 2.15. The highest BCUT2D eigenvalue weighted by atomic mass is 32.1.